The number of aryl methyl sites for hydroxylation is 2. The molecule has 0 saturated carbocycles. The number of hydrogen-bond donors (Lipinski definition) is 2. The zero-order valence-corrected chi connectivity index (χ0v) is 15.2. The van der Waals surface area contributed by atoms with Crippen LogP contribution in [0.3, 0.4) is 0 Å². The second-order valence-electron chi connectivity index (χ2n) is 6.76. The molecule has 0 aliphatic carbocycles. The molecule has 7 nitrogen and oxygen atoms in total. The molecule has 27 heavy (non-hydrogen) atoms. The summed E-state index contributed by atoms with van der Waals surface area (Å²) in [7, 11) is 0. The van der Waals surface area contributed by atoms with E-state index in [1.165, 1.54) is 12.1 Å². The third kappa shape index (κ3) is 4.58. The number of rotatable bonds is 5. The number of nitrogens with one attached hydrogen (secondary N) is 2. The summed E-state index contributed by atoms with van der Waals surface area (Å²) >= 11 is 0. The van der Waals surface area contributed by atoms with E-state index in [-0.39, 0.29) is 42.1 Å². The number of carbonyl (C=O) groups is 2. The zero-order chi connectivity index (χ0) is 19.6. The topological polar surface area (TPSA) is 95.2 Å². The summed E-state index contributed by atoms with van der Waals surface area (Å²) in [5.74, 6) is -0.289. The molecular formula is C19H21FN4O3. The van der Waals surface area contributed by atoms with Crippen molar-refractivity contribution in [1.29, 1.82) is 0 Å². The lowest BCUT2D eigenvalue weighted by Gasteiger charge is -2.17. The maximum Gasteiger partial charge on any atom is 0.254 e. The number of H-pyrrole nitrogens is 1. The van der Waals surface area contributed by atoms with Crippen LogP contribution in [0.25, 0.3) is 0 Å². The van der Waals surface area contributed by atoms with Gasteiger partial charge < -0.3 is 15.2 Å². The lowest BCUT2D eigenvalue weighted by atomic mass is 10.1. The number of carbonyl (C=O) groups excluding carboxylic acids is 2. The fourth-order valence-corrected chi connectivity index (χ4v) is 3.28. The van der Waals surface area contributed by atoms with Crippen molar-refractivity contribution in [3.05, 3.63) is 63.1 Å². The van der Waals surface area contributed by atoms with Gasteiger partial charge >= 0.3 is 0 Å². The summed E-state index contributed by atoms with van der Waals surface area (Å²) in [4.78, 5) is 44.8. The molecule has 0 radical (unpaired) electrons. The van der Waals surface area contributed by atoms with E-state index in [2.05, 4.69) is 15.3 Å². The monoisotopic (exact) mass is 372 g/mol. The number of aromatic amines is 1. The van der Waals surface area contributed by atoms with Crippen molar-refractivity contribution in [1.82, 2.24) is 20.2 Å². The van der Waals surface area contributed by atoms with Crippen molar-refractivity contribution in [3.8, 4) is 0 Å². The molecule has 8 heteroatoms. The molecule has 2 amide bonds. The number of amides is 2. The van der Waals surface area contributed by atoms with E-state index in [9.17, 15) is 18.8 Å². The summed E-state index contributed by atoms with van der Waals surface area (Å²) in [6.07, 6.45) is 0.0889. The maximum atomic E-state index is 13.3. The molecule has 2 N–H and O–H groups in total. The van der Waals surface area contributed by atoms with Crippen LogP contribution in [-0.4, -0.2) is 39.3 Å². The third-order valence-corrected chi connectivity index (χ3v) is 4.52. The fourth-order valence-electron chi connectivity index (χ4n) is 3.28. The molecule has 1 aliphatic rings. The molecule has 2 heterocycles. The van der Waals surface area contributed by atoms with Crippen LogP contribution in [0.4, 0.5) is 4.39 Å². The molecule has 142 valence electrons. The van der Waals surface area contributed by atoms with E-state index >= 15 is 0 Å². The fraction of sp³-hybridized carbons (Fsp3) is 0.368. The molecule has 1 aliphatic heterocycles. The van der Waals surface area contributed by atoms with Gasteiger partial charge in [0.2, 0.25) is 11.8 Å². The number of benzene rings is 1. The van der Waals surface area contributed by atoms with Crippen molar-refractivity contribution in [2.75, 3.05) is 6.54 Å². The first-order valence-electron chi connectivity index (χ1n) is 8.70. The molecule has 0 spiro atoms. The normalized spacial score (nSPS) is 16.6. The minimum Gasteiger partial charge on any atom is -0.351 e. The van der Waals surface area contributed by atoms with Crippen molar-refractivity contribution in [2.24, 2.45) is 0 Å². The number of nitrogens with zero attached hydrogens (tertiary/aromatic N) is 2. The number of aromatic nitrogens is 2. The highest BCUT2D eigenvalue weighted by Crippen LogP contribution is 2.16. The Labute approximate surface area is 155 Å². The van der Waals surface area contributed by atoms with E-state index in [1.54, 1.807) is 30.9 Å². The predicted octanol–water partition coefficient (Wildman–Crippen LogP) is 0.986. The lowest BCUT2D eigenvalue weighted by molar-refractivity contribution is -0.128. The van der Waals surface area contributed by atoms with Gasteiger partial charge in [-0.25, -0.2) is 9.37 Å². The van der Waals surface area contributed by atoms with Gasteiger partial charge in [0.05, 0.1) is 12.5 Å². The smallest absolute Gasteiger partial charge is 0.254 e. The Kier molecular flexibility index (Phi) is 5.34. The highest BCUT2D eigenvalue weighted by atomic mass is 19.1. The average Bonchev–Trinajstić information content (AvgIpc) is 2.90. The Morgan fingerprint density at radius 2 is 2.15 bits per heavy atom. The molecule has 1 atom stereocenters. The Morgan fingerprint density at radius 3 is 2.85 bits per heavy atom. The van der Waals surface area contributed by atoms with Gasteiger partial charge in [0.25, 0.3) is 5.56 Å². The predicted molar refractivity (Wildman–Crippen MR) is 96.4 cm³/mol. The number of likely N-dealkylation sites (tertiary alicyclic amines) is 1. The van der Waals surface area contributed by atoms with Gasteiger partial charge in [0.1, 0.15) is 11.6 Å². The summed E-state index contributed by atoms with van der Waals surface area (Å²) in [6.45, 7) is 4.01. The molecular weight excluding hydrogens is 351 g/mol. The summed E-state index contributed by atoms with van der Waals surface area (Å²) in [5.41, 5.74) is 1.20. The second kappa shape index (κ2) is 7.69. The highest BCUT2D eigenvalue weighted by Gasteiger charge is 2.30. The standard InChI is InChI=1S/C19H21FN4O3/c1-11-16(19(27)22-12(2)21-11)8-17(25)23-15-7-18(26)24(10-15)9-13-4-3-5-14(20)6-13/h3-6,15H,7-10H2,1-2H3,(H,23,25)(H,21,22,27). The SMILES string of the molecule is Cc1nc(C)c(CC(=O)NC2CC(=O)N(Cc3cccc(F)c3)C2)c(=O)[nH]1. The van der Waals surface area contributed by atoms with Gasteiger partial charge in [-0.05, 0) is 31.5 Å². The summed E-state index contributed by atoms with van der Waals surface area (Å²) in [5, 5.41) is 2.80. The average molecular weight is 372 g/mol. The Morgan fingerprint density at radius 1 is 1.37 bits per heavy atom. The molecule has 1 aromatic heterocycles. The molecule has 1 saturated heterocycles. The minimum absolute atomic E-state index is 0.0942. The van der Waals surface area contributed by atoms with Gasteiger partial charge in [0, 0.05) is 30.8 Å². The molecule has 1 fully saturated rings. The van der Waals surface area contributed by atoms with Gasteiger partial charge in [-0.1, -0.05) is 12.1 Å². The first kappa shape index (κ1) is 18.8. The van der Waals surface area contributed by atoms with Crippen LogP contribution in [0.2, 0.25) is 0 Å². The Balaban J connectivity index is 1.59. The quantitative estimate of drug-likeness (QED) is 0.818. The third-order valence-electron chi connectivity index (χ3n) is 4.52. The maximum absolute atomic E-state index is 13.3. The van der Waals surface area contributed by atoms with Crippen molar-refractivity contribution in [2.45, 2.75) is 39.3 Å². The van der Waals surface area contributed by atoms with Crippen molar-refractivity contribution in [3.63, 3.8) is 0 Å². The lowest BCUT2D eigenvalue weighted by Crippen LogP contribution is -2.39. The second-order valence-corrected chi connectivity index (χ2v) is 6.76. The van der Waals surface area contributed by atoms with E-state index < -0.39 is 0 Å². The van der Waals surface area contributed by atoms with Crippen molar-refractivity contribution >= 4 is 11.8 Å². The molecule has 3 rings (SSSR count). The van der Waals surface area contributed by atoms with Crippen LogP contribution in [0.5, 0.6) is 0 Å². The number of halogens is 1. The first-order chi connectivity index (χ1) is 12.8. The van der Waals surface area contributed by atoms with Gasteiger partial charge in [0.15, 0.2) is 0 Å². The molecule has 0 bridgehead atoms. The molecule has 2 aromatic rings. The Bertz CT molecular complexity index is 941. The molecule has 1 unspecified atom stereocenters. The van der Waals surface area contributed by atoms with E-state index in [4.69, 9.17) is 0 Å². The van der Waals surface area contributed by atoms with Crippen LogP contribution in [-0.2, 0) is 22.6 Å². The van der Waals surface area contributed by atoms with Crippen LogP contribution < -0.4 is 10.9 Å². The largest absolute Gasteiger partial charge is 0.351 e. The van der Waals surface area contributed by atoms with E-state index in [0.717, 1.165) is 0 Å². The van der Waals surface area contributed by atoms with Crippen LogP contribution >= 0.6 is 0 Å². The van der Waals surface area contributed by atoms with E-state index in [0.29, 0.717) is 35.7 Å². The number of hydrogen-bond acceptors (Lipinski definition) is 4. The van der Waals surface area contributed by atoms with Crippen LogP contribution in [0.15, 0.2) is 29.1 Å². The zero-order valence-electron chi connectivity index (χ0n) is 15.2. The van der Waals surface area contributed by atoms with Crippen molar-refractivity contribution < 1.29 is 14.0 Å². The van der Waals surface area contributed by atoms with Crippen LogP contribution in [0.1, 0.15) is 29.1 Å². The van der Waals surface area contributed by atoms with Gasteiger partial charge in [-0.15, -0.1) is 0 Å². The summed E-state index contributed by atoms with van der Waals surface area (Å²) in [6, 6.07) is 5.75. The van der Waals surface area contributed by atoms with Gasteiger partial charge in [-0.2, -0.15) is 0 Å². The molecule has 1 aromatic carbocycles. The summed E-state index contributed by atoms with van der Waals surface area (Å²) < 4.78 is 13.3. The van der Waals surface area contributed by atoms with E-state index in [1.807, 2.05) is 0 Å². The Hall–Kier alpha value is -3.03. The highest BCUT2D eigenvalue weighted by molar-refractivity contribution is 5.83. The minimum atomic E-state index is -0.351. The van der Waals surface area contributed by atoms with Gasteiger partial charge in [-0.3, -0.25) is 14.4 Å². The first-order valence-corrected chi connectivity index (χ1v) is 8.70. The van der Waals surface area contributed by atoms with Crippen LogP contribution in [0, 0.1) is 19.7 Å².